The molecule has 0 radical (unpaired) electrons. The summed E-state index contributed by atoms with van der Waals surface area (Å²) >= 11 is 0. The van der Waals surface area contributed by atoms with Crippen LogP contribution in [-0.2, 0) is 0 Å². The maximum atomic E-state index is 9.45. The minimum atomic E-state index is -0.0554. The number of nitriles is 1. The molecular formula is C21H25NO. The van der Waals surface area contributed by atoms with E-state index >= 15 is 0 Å². The van der Waals surface area contributed by atoms with Crippen LogP contribution in [-0.4, -0.2) is 6.61 Å². The van der Waals surface area contributed by atoms with Gasteiger partial charge >= 0.3 is 0 Å². The van der Waals surface area contributed by atoms with Gasteiger partial charge in [-0.3, -0.25) is 0 Å². The predicted octanol–water partition coefficient (Wildman–Crippen LogP) is 5.58. The highest BCUT2D eigenvalue weighted by atomic mass is 16.5. The number of hydrogen-bond acceptors (Lipinski definition) is 2. The Bertz CT molecular complexity index is 670. The van der Waals surface area contributed by atoms with Gasteiger partial charge in [0.05, 0.1) is 18.6 Å². The smallest absolute Gasteiger partial charge is 0.122 e. The minimum absolute atomic E-state index is 0.0554. The maximum absolute atomic E-state index is 9.45. The van der Waals surface area contributed by atoms with Crippen LogP contribution in [0.1, 0.15) is 55.2 Å². The molecular weight excluding hydrogens is 282 g/mol. The molecule has 0 saturated carbocycles. The Kier molecular flexibility index (Phi) is 6.23. The van der Waals surface area contributed by atoms with Gasteiger partial charge in [0.2, 0.25) is 0 Å². The van der Waals surface area contributed by atoms with Crippen molar-refractivity contribution in [1.82, 2.24) is 0 Å². The van der Waals surface area contributed by atoms with Gasteiger partial charge in [-0.2, -0.15) is 5.26 Å². The van der Waals surface area contributed by atoms with Crippen molar-refractivity contribution in [2.24, 2.45) is 0 Å². The summed E-state index contributed by atoms with van der Waals surface area (Å²) in [6.07, 6.45) is 1.70. The van der Waals surface area contributed by atoms with Crippen LogP contribution in [0.2, 0.25) is 0 Å². The average molecular weight is 307 g/mol. The molecule has 2 aromatic carbocycles. The van der Waals surface area contributed by atoms with Crippen LogP contribution in [0.5, 0.6) is 5.75 Å². The number of rotatable bonds is 7. The molecule has 0 saturated heterocycles. The van der Waals surface area contributed by atoms with Gasteiger partial charge in [-0.1, -0.05) is 56.3 Å². The number of benzene rings is 2. The Morgan fingerprint density at radius 3 is 2.30 bits per heavy atom. The molecule has 0 bridgehead atoms. The first-order valence-corrected chi connectivity index (χ1v) is 8.30. The molecule has 2 heteroatoms. The van der Waals surface area contributed by atoms with Crippen LogP contribution in [0, 0.1) is 18.3 Å². The Labute approximate surface area is 139 Å². The molecule has 0 N–H and O–H groups in total. The predicted molar refractivity (Wildman–Crippen MR) is 94.8 cm³/mol. The second kappa shape index (κ2) is 8.39. The third-order valence-electron chi connectivity index (χ3n) is 4.16. The number of ether oxygens (including phenoxy) is 1. The van der Waals surface area contributed by atoms with Gasteiger partial charge in [0.25, 0.3) is 0 Å². The van der Waals surface area contributed by atoms with Crippen LogP contribution in [0.4, 0.5) is 0 Å². The topological polar surface area (TPSA) is 33.0 Å². The number of aryl methyl sites for hydroxylation is 1. The lowest BCUT2D eigenvalue weighted by molar-refractivity contribution is 0.301. The Morgan fingerprint density at radius 2 is 1.65 bits per heavy atom. The molecule has 0 aliphatic rings. The molecule has 2 rings (SSSR count). The monoisotopic (exact) mass is 307 g/mol. The van der Waals surface area contributed by atoms with Crippen molar-refractivity contribution < 1.29 is 4.74 Å². The second-order valence-electron chi connectivity index (χ2n) is 6.22. The molecule has 0 aliphatic heterocycles. The molecule has 2 nitrogen and oxygen atoms in total. The van der Waals surface area contributed by atoms with E-state index in [1.165, 1.54) is 11.1 Å². The van der Waals surface area contributed by atoms with E-state index in [2.05, 4.69) is 45.0 Å². The third kappa shape index (κ3) is 4.60. The number of nitrogens with zero attached hydrogens (tertiary/aromatic N) is 1. The highest BCUT2D eigenvalue weighted by Gasteiger charge is 2.13. The first-order chi connectivity index (χ1) is 11.1. The molecule has 0 aromatic heterocycles. The van der Waals surface area contributed by atoms with E-state index in [9.17, 15) is 5.26 Å². The number of para-hydroxylation sites is 1. The lowest BCUT2D eigenvalue weighted by Crippen LogP contribution is -2.05. The van der Waals surface area contributed by atoms with Crippen LogP contribution in [0.25, 0.3) is 0 Å². The van der Waals surface area contributed by atoms with Crippen molar-refractivity contribution in [3.8, 4) is 11.8 Å². The lowest BCUT2D eigenvalue weighted by Gasteiger charge is -2.15. The fourth-order valence-corrected chi connectivity index (χ4v) is 2.83. The third-order valence-corrected chi connectivity index (χ3v) is 4.16. The van der Waals surface area contributed by atoms with Crippen LogP contribution >= 0.6 is 0 Å². The Hall–Kier alpha value is -2.27. The molecule has 1 atom stereocenters. The SMILES string of the molecule is Cc1ccccc1C(C#N)CCCOc1ccccc1C(C)C. The highest BCUT2D eigenvalue weighted by Crippen LogP contribution is 2.27. The summed E-state index contributed by atoms with van der Waals surface area (Å²) in [6.45, 7) is 7.06. The van der Waals surface area contributed by atoms with Crippen molar-refractivity contribution in [3.63, 3.8) is 0 Å². The number of hydrogen-bond donors (Lipinski definition) is 0. The molecule has 23 heavy (non-hydrogen) atoms. The highest BCUT2D eigenvalue weighted by molar-refractivity contribution is 5.35. The summed E-state index contributed by atoms with van der Waals surface area (Å²) in [5.74, 6) is 1.36. The standard InChI is InChI=1S/C21H25NO/c1-16(2)19-11-6-7-13-21(19)23-14-8-10-18(15-22)20-12-5-4-9-17(20)3/h4-7,9,11-13,16,18H,8,10,14H2,1-3H3. The van der Waals surface area contributed by atoms with E-state index in [-0.39, 0.29) is 5.92 Å². The lowest BCUT2D eigenvalue weighted by atomic mass is 9.92. The zero-order chi connectivity index (χ0) is 16.7. The van der Waals surface area contributed by atoms with E-state index in [0.29, 0.717) is 12.5 Å². The van der Waals surface area contributed by atoms with Crippen molar-refractivity contribution in [1.29, 1.82) is 5.26 Å². The van der Waals surface area contributed by atoms with Crippen LogP contribution in [0.3, 0.4) is 0 Å². The molecule has 0 amide bonds. The van der Waals surface area contributed by atoms with Gasteiger partial charge < -0.3 is 4.74 Å². The molecule has 1 unspecified atom stereocenters. The zero-order valence-corrected chi connectivity index (χ0v) is 14.3. The fraction of sp³-hybridized carbons (Fsp3) is 0.381. The zero-order valence-electron chi connectivity index (χ0n) is 14.3. The molecule has 0 aliphatic carbocycles. The normalized spacial score (nSPS) is 12.0. The quantitative estimate of drug-likeness (QED) is 0.625. The summed E-state index contributed by atoms with van der Waals surface area (Å²) < 4.78 is 5.95. The van der Waals surface area contributed by atoms with Crippen molar-refractivity contribution in [2.45, 2.75) is 45.4 Å². The van der Waals surface area contributed by atoms with Crippen LogP contribution < -0.4 is 4.74 Å². The van der Waals surface area contributed by atoms with Gasteiger partial charge in [0.1, 0.15) is 5.75 Å². The molecule has 0 spiro atoms. The van der Waals surface area contributed by atoms with Crippen molar-refractivity contribution >= 4 is 0 Å². The molecule has 0 heterocycles. The molecule has 0 fully saturated rings. The van der Waals surface area contributed by atoms with E-state index in [1.807, 2.05) is 30.3 Å². The minimum Gasteiger partial charge on any atom is -0.493 e. The van der Waals surface area contributed by atoms with Crippen molar-refractivity contribution in [2.75, 3.05) is 6.61 Å². The molecule has 2 aromatic rings. The van der Waals surface area contributed by atoms with Gasteiger partial charge in [-0.05, 0) is 48.4 Å². The second-order valence-corrected chi connectivity index (χ2v) is 6.22. The van der Waals surface area contributed by atoms with Crippen molar-refractivity contribution in [3.05, 3.63) is 65.2 Å². The summed E-state index contributed by atoms with van der Waals surface area (Å²) in [4.78, 5) is 0. The van der Waals surface area contributed by atoms with E-state index < -0.39 is 0 Å². The maximum Gasteiger partial charge on any atom is 0.122 e. The first-order valence-electron chi connectivity index (χ1n) is 8.30. The summed E-state index contributed by atoms with van der Waals surface area (Å²) in [7, 11) is 0. The summed E-state index contributed by atoms with van der Waals surface area (Å²) in [6, 6.07) is 18.8. The Morgan fingerprint density at radius 1 is 1.00 bits per heavy atom. The van der Waals surface area contributed by atoms with E-state index in [0.717, 1.165) is 24.2 Å². The van der Waals surface area contributed by atoms with Gasteiger partial charge in [0.15, 0.2) is 0 Å². The summed E-state index contributed by atoms with van der Waals surface area (Å²) in [5.41, 5.74) is 3.56. The van der Waals surface area contributed by atoms with Crippen LogP contribution in [0.15, 0.2) is 48.5 Å². The average Bonchev–Trinajstić information content (AvgIpc) is 2.56. The fourth-order valence-electron chi connectivity index (χ4n) is 2.83. The van der Waals surface area contributed by atoms with E-state index in [4.69, 9.17) is 4.74 Å². The summed E-state index contributed by atoms with van der Waals surface area (Å²) in [5, 5.41) is 9.45. The Balaban J connectivity index is 1.90. The molecule has 120 valence electrons. The largest absolute Gasteiger partial charge is 0.493 e. The van der Waals surface area contributed by atoms with E-state index in [1.54, 1.807) is 0 Å². The first kappa shape index (κ1) is 17.1. The van der Waals surface area contributed by atoms with Gasteiger partial charge in [-0.25, -0.2) is 0 Å². The van der Waals surface area contributed by atoms with Gasteiger partial charge in [-0.15, -0.1) is 0 Å². The van der Waals surface area contributed by atoms with Gasteiger partial charge in [0, 0.05) is 0 Å².